The number of rotatable bonds is 4. The fourth-order valence-electron chi connectivity index (χ4n) is 5.26. The second-order valence-corrected chi connectivity index (χ2v) is 9.48. The third-order valence-corrected chi connectivity index (χ3v) is 7.43. The number of amides is 1. The molecule has 174 valence electrons. The molecule has 1 atom stereocenters. The van der Waals surface area contributed by atoms with Gasteiger partial charge in [0.2, 0.25) is 5.91 Å². The average molecular weight is 459 g/mol. The van der Waals surface area contributed by atoms with Gasteiger partial charge in [-0.15, -0.1) is 5.10 Å². The van der Waals surface area contributed by atoms with Crippen molar-refractivity contribution in [2.45, 2.75) is 45.7 Å². The number of hydrogen-bond donors (Lipinski definition) is 1. The van der Waals surface area contributed by atoms with Crippen LogP contribution in [-0.4, -0.2) is 46.2 Å². The summed E-state index contributed by atoms with van der Waals surface area (Å²) in [6, 6.07) is 11.2. The molecule has 8 heteroatoms. The van der Waals surface area contributed by atoms with Crippen molar-refractivity contribution in [2.24, 2.45) is 0 Å². The summed E-state index contributed by atoms with van der Waals surface area (Å²) in [5, 5.41) is 23.0. The molecule has 2 saturated heterocycles. The molecule has 0 bridgehead atoms. The number of carbonyl (C=O) groups excluding carboxylic acids is 1. The molecule has 2 aliphatic rings. The first-order valence-corrected chi connectivity index (χ1v) is 11.5. The van der Waals surface area contributed by atoms with Gasteiger partial charge in [-0.3, -0.25) is 4.79 Å². The zero-order chi connectivity index (χ0) is 24.2. The Labute approximate surface area is 198 Å². The first-order chi connectivity index (χ1) is 16.2. The minimum Gasteiger partial charge on any atom is -0.362 e. The van der Waals surface area contributed by atoms with Crippen LogP contribution in [0.4, 0.5) is 15.9 Å². The Kier molecular flexibility index (Phi) is 5.16. The summed E-state index contributed by atoms with van der Waals surface area (Å²) in [4.78, 5) is 15.6. The lowest BCUT2D eigenvalue weighted by Crippen LogP contribution is -2.77. The SMILES string of the molecule is CC(=O)N1CC2(CCN2c2cc3c(N[C@H](C)c4cccc(C#N)c4C)nnc(C)c3cc2F)C1. The summed E-state index contributed by atoms with van der Waals surface area (Å²) >= 11 is 0. The molecule has 7 nitrogen and oxygen atoms in total. The molecule has 1 N–H and O–H groups in total. The summed E-state index contributed by atoms with van der Waals surface area (Å²) in [5.74, 6) is 0.337. The number of nitrogens with zero attached hydrogens (tertiary/aromatic N) is 5. The van der Waals surface area contributed by atoms with Crippen LogP contribution >= 0.6 is 0 Å². The topological polar surface area (TPSA) is 85.2 Å². The van der Waals surface area contributed by atoms with E-state index in [0.717, 1.165) is 29.5 Å². The van der Waals surface area contributed by atoms with Gasteiger partial charge in [-0.25, -0.2) is 4.39 Å². The third kappa shape index (κ3) is 3.35. The Bertz CT molecular complexity index is 1360. The van der Waals surface area contributed by atoms with Crippen molar-refractivity contribution in [2.75, 3.05) is 29.9 Å². The summed E-state index contributed by atoms with van der Waals surface area (Å²) in [5.41, 5.74) is 3.57. The smallest absolute Gasteiger partial charge is 0.219 e. The van der Waals surface area contributed by atoms with Gasteiger partial charge >= 0.3 is 0 Å². The molecule has 2 aromatic carbocycles. The molecule has 1 spiro atoms. The van der Waals surface area contributed by atoms with Gasteiger partial charge in [-0.2, -0.15) is 10.4 Å². The zero-order valence-electron chi connectivity index (χ0n) is 19.8. The fraction of sp³-hybridized carbons (Fsp3) is 0.385. The van der Waals surface area contributed by atoms with Crippen LogP contribution in [0.1, 0.15) is 48.7 Å². The van der Waals surface area contributed by atoms with Gasteiger partial charge in [-0.1, -0.05) is 12.1 Å². The number of aryl methyl sites for hydroxylation is 1. The number of nitrogens with one attached hydrogen (secondary N) is 1. The Balaban J connectivity index is 1.51. The number of aromatic nitrogens is 2. The highest BCUT2D eigenvalue weighted by atomic mass is 19.1. The van der Waals surface area contributed by atoms with Crippen molar-refractivity contribution in [3.8, 4) is 6.07 Å². The van der Waals surface area contributed by atoms with Gasteiger partial charge in [0.15, 0.2) is 5.82 Å². The largest absolute Gasteiger partial charge is 0.362 e. The third-order valence-electron chi connectivity index (χ3n) is 7.43. The lowest BCUT2D eigenvalue weighted by atomic mass is 9.76. The number of halogens is 1. The van der Waals surface area contributed by atoms with Crippen LogP contribution in [0.2, 0.25) is 0 Å². The molecule has 34 heavy (non-hydrogen) atoms. The number of nitriles is 1. The Morgan fingerprint density at radius 1 is 1.24 bits per heavy atom. The van der Waals surface area contributed by atoms with E-state index in [4.69, 9.17) is 0 Å². The molecule has 1 aromatic heterocycles. The van der Waals surface area contributed by atoms with Crippen LogP contribution in [0, 0.1) is 31.0 Å². The van der Waals surface area contributed by atoms with Gasteiger partial charge in [0, 0.05) is 37.3 Å². The van der Waals surface area contributed by atoms with E-state index in [-0.39, 0.29) is 23.3 Å². The van der Waals surface area contributed by atoms with Crippen molar-refractivity contribution in [3.63, 3.8) is 0 Å². The van der Waals surface area contributed by atoms with E-state index in [2.05, 4.69) is 26.5 Å². The molecular formula is C26H27FN6O. The molecule has 0 radical (unpaired) electrons. The predicted molar refractivity (Wildman–Crippen MR) is 129 cm³/mol. The Morgan fingerprint density at radius 3 is 2.65 bits per heavy atom. The zero-order valence-corrected chi connectivity index (χ0v) is 19.8. The summed E-state index contributed by atoms with van der Waals surface area (Å²) in [6.07, 6.45) is 0.943. The van der Waals surface area contributed by atoms with Crippen molar-refractivity contribution >= 4 is 28.2 Å². The number of hydrogen-bond acceptors (Lipinski definition) is 6. The summed E-state index contributed by atoms with van der Waals surface area (Å²) < 4.78 is 15.3. The summed E-state index contributed by atoms with van der Waals surface area (Å²) in [6.45, 7) is 9.35. The van der Waals surface area contributed by atoms with Gasteiger partial charge in [0.05, 0.1) is 34.6 Å². The monoisotopic (exact) mass is 458 g/mol. The quantitative estimate of drug-likeness (QED) is 0.629. The highest BCUT2D eigenvalue weighted by molar-refractivity contribution is 5.96. The predicted octanol–water partition coefficient (Wildman–Crippen LogP) is 4.24. The molecule has 0 saturated carbocycles. The number of fused-ring (bicyclic) bond motifs is 1. The van der Waals surface area contributed by atoms with Crippen LogP contribution in [0.3, 0.4) is 0 Å². The van der Waals surface area contributed by atoms with Crippen LogP contribution in [-0.2, 0) is 4.79 Å². The molecule has 1 amide bonds. The molecule has 2 aliphatic heterocycles. The maximum absolute atomic E-state index is 15.3. The maximum Gasteiger partial charge on any atom is 0.219 e. The lowest BCUT2D eigenvalue weighted by molar-refractivity contribution is -0.138. The minimum atomic E-state index is -0.291. The van der Waals surface area contributed by atoms with Gasteiger partial charge < -0.3 is 15.1 Å². The van der Waals surface area contributed by atoms with Crippen molar-refractivity contribution in [1.82, 2.24) is 15.1 Å². The molecule has 3 heterocycles. The number of anilines is 2. The summed E-state index contributed by atoms with van der Waals surface area (Å²) in [7, 11) is 0. The molecular weight excluding hydrogens is 431 g/mol. The second kappa shape index (κ2) is 7.94. The van der Waals surface area contributed by atoms with Crippen LogP contribution < -0.4 is 10.2 Å². The van der Waals surface area contributed by atoms with E-state index in [1.165, 1.54) is 0 Å². The second-order valence-electron chi connectivity index (χ2n) is 9.48. The normalized spacial score (nSPS) is 17.2. The fourth-order valence-corrected chi connectivity index (χ4v) is 5.26. The van der Waals surface area contributed by atoms with Crippen LogP contribution in [0.25, 0.3) is 10.8 Å². The van der Waals surface area contributed by atoms with E-state index in [1.807, 2.05) is 39.0 Å². The van der Waals surface area contributed by atoms with E-state index >= 15 is 4.39 Å². The number of likely N-dealkylation sites (tertiary alicyclic amines) is 1. The first kappa shape index (κ1) is 22.1. The number of carbonyl (C=O) groups is 1. The van der Waals surface area contributed by atoms with E-state index in [9.17, 15) is 10.1 Å². The standard InChI is InChI=1S/C26H27FN6O/c1-15-19(12-28)6-5-7-20(15)16(2)29-25-22-11-24(23(27)10-21(22)17(3)30-31-25)33-9-8-26(33)13-32(14-26)18(4)34/h5-7,10-11,16H,8-9,13-14H2,1-4H3,(H,29,31)/t16-/m1/s1. The molecule has 3 aromatic rings. The first-order valence-electron chi connectivity index (χ1n) is 11.5. The van der Waals surface area contributed by atoms with Crippen molar-refractivity contribution in [1.29, 1.82) is 5.26 Å². The van der Waals surface area contributed by atoms with E-state index in [1.54, 1.807) is 24.0 Å². The Morgan fingerprint density at radius 2 is 2.00 bits per heavy atom. The number of benzene rings is 2. The highest BCUT2D eigenvalue weighted by Crippen LogP contribution is 2.44. The molecule has 0 unspecified atom stereocenters. The van der Waals surface area contributed by atoms with E-state index < -0.39 is 0 Å². The average Bonchev–Trinajstić information content (AvgIpc) is 2.75. The van der Waals surface area contributed by atoms with Crippen molar-refractivity contribution in [3.05, 3.63) is 58.5 Å². The minimum absolute atomic E-state index is 0.0543. The molecule has 5 rings (SSSR count). The lowest BCUT2D eigenvalue weighted by Gasteiger charge is -2.63. The van der Waals surface area contributed by atoms with Gasteiger partial charge in [0.25, 0.3) is 0 Å². The molecule has 2 fully saturated rings. The van der Waals surface area contributed by atoms with Gasteiger partial charge in [-0.05, 0) is 56.5 Å². The van der Waals surface area contributed by atoms with Crippen molar-refractivity contribution < 1.29 is 9.18 Å². The Hall–Kier alpha value is -3.73. The van der Waals surface area contributed by atoms with Gasteiger partial charge in [0.1, 0.15) is 5.82 Å². The van der Waals surface area contributed by atoms with Crippen LogP contribution in [0.5, 0.6) is 0 Å². The van der Waals surface area contributed by atoms with Crippen LogP contribution in [0.15, 0.2) is 30.3 Å². The maximum atomic E-state index is 15.3. The highest BCUT2D eigenvalue weighted by Gasteiger charge is 2.54. The van der Waals surface area contributed by atoms with E-state index in [0.29, 0.717) is 41.2 Å². The molecule has 0 aliphatic carbocycles.